The Morgan fingerprint density at radius 3 is 2.92 bits per heavy atom. The number of rotatable bonds is 5. The number of nitrogens with zero attached hydrogens (tertiary/aromatic N) is 1. The standard InChI is InChI=1S/C16H12BrClN2O3S/c17-11-5-9(18)1-2-12(11)23-13-7-19-8-15-10(13)6-14(24-15)16(22)20-3-4-21/h1-2,5-8,21H,3-4H2,(H,20,22). The minimum atomic E-state index is -0.233. The summed E-state index contributed by atoms with van der Waals surface area (Å²) >= 11 is 10.7. The minimum absolute atomic E-state index is 0.100. The van der Waals surface area contributed by atoms with Gasteiger partial charge in [-0.25, -0.2) is 0 Å². The van der Waals surface area contributed by atoms with Gasteiger partial charge in [0.2, 0.25) is 0 Å². The van der Waals surface area contributed by atoms with Crippen LogP contribution in [0.4, 0.5) is 0 Å². The van der Waals surface area contributed by atoms with Crippen LogP contribution in [0.1, 0.15) is 9.67 Å². The summed E-state index contributed by atoms with van der Waals surface area (Å²) in [5.74, 6) is 0.919. The zero-order chi connectivity index (χ0) is 17.1. The highest BCUT2D eigenvalue weighted by atomic mass is 79.9. The number of thiophene rings is 1. The van der Waals surface area contributed by atoms with E-state index in [2.05, 4.69) is 26.2 Å². The van der Waals surface area contributed by atoms with Crippen LogP contribution in [0.15, 0.2) is 41.1 Å². The predicted molar refractivity (Wildman–Crippen MR) is 98.3 cm³/mol. The molecule has 5 nitrogen and oxygen atoms in total. The van der Waals surface area contributed by atoms with Gasteiger partial charge < -0.3 is 15.2 Å². The molecule has 3 rings (SSSR count). The van der Waals surface area contributed by atoms with Crippen LogP contribution in [0, 0.1) is 0 Å². The summed E-state index contributed by atoms with van der Waals surface area (Å²) in [7, 11) is 0. The molecule has 1 amide bonds. The number of amides is 1. The number of aliphatic hydroxyl groups is 1. The molecular formula is C16H12BrClN2O3S. The average Bonchev–Trinajstić information content (AvgIpc) is 3.00. The molecule has 1 aromatic carbocycles. The van der Waals surface area contributed by atoms with E-state index in [9.17, 15) is 4.79 Å². The number of carbonyl (C=O) groups is 1. The van der Waals surface area contributed by atoms with Gasteiger partial charge in [-0.3, -0.25) is 9.78 Å². The maximum atomic E-state index is 12.0. The van der Waals surface area contributed by atoms with E-state index in [-0.39, 0.29) is 19.1 Å². The lowest BCUT2D eigenvalue weighted by Crippen LogP contribution is -2.25. The van der Waals surface area contributed by atoms with E-state index in [4.69, 9.17) is 21.4 Å². The Bertz CT molecular complexity index is 900. The molecule has 8 heteroatoms. The molecule has 124 valence electrons. The fourth-order valence-electron chi connectivity index (χ4n) is 2.06. The molecule has 0 aliphatic heterocycles. The molecule has 0 fully saturated rings. The SMILES string of the molecule is O=C(NCCO)c1cc2c(Oc3ccc(Cl)cc3Br)cncc2s1. The molecule has 0 spiro atoms. The predicted octanol–water partition coefficient (Wildman–Crippen LogP) is 4.23. The van der Waals surface area contributed by atoms with Gasteiger partial charge in [-0.05, 0) is 40.2 Å². The number of carbonyl (C=O) groups excluding carboxylic acids is 1. The van der Waals surface area contributed by atoms with Gasteiger partial charge in [0.25, 0.3) is 5.91 Å². The first-order valence-corrected chi connectivity index (χ1v) is 8.96. The smallest absolute Gasteiger partial charge is 0.261 e. The van der Waals surface area contributed by atoms with Crippen LogP contribution in [0.3, 0.4) is 0 Å². The van der Waals surface area contributed by atoms with Crippen LogP contribution in [0.25, 0.3) is 10.1 Å². The Labute approximate surface area is 155 Å². The maximum absolute atomic E-state index is 12.0. The summed E-state index contributed by atoms with van der Waals surface area (Å²) in [6, 6.07) is 6.99. The molecule has 0 saturated heterocycles. The minimum Gasteiger partial charge on any atom is -0.454 e. The molecule has 2 heterocycles. The molecular weight excluding hydrogens is 416 g/mol. The zero-order valence-electron chi connectivity index (χ0n) is 12.3. The zero-order valence-corrected chi connectivity index (χ0v) is 15.4. The molecule has 0 radical (unpaired) electrons. The fraction of sp³-hybridized carbons (Fsp3) is 0.125. The number of hydrogen-bond donors (Lipinski definition) is 2. The van der Waals surface area contributed by atoms with Gasteiger partial charge in [0.05, 0.1) is 26.9 Å². The number of fused-ring (bicyclic) bond motifs is 1. The topological polar surface area (TPSA) is 71.5 Å². The Balaban J connectivity index is 1.93. The highest BCUT2D eigenvalue weighted by Crippen LogP contribution is 2.37. The second-order valence-corrected chi connectivity index (χ2v) is 7.19. The van der Waals surface area contributed by atoms with Crippen LogP contribution in [-0.4, -0.2) is 29.1 Å². The highest BCUT2D eigenvalue weighted by molar-refractivity contribution is 9.10. The van der Waals surface area contributed by atoms with Crippen molar-refractivity contribution >= 4 is 54.9 Å². The van der Waals surface area contributed by atoms with Crippen molar-refractivity contribution in [2.75, 3.05) is 13.2 Å². The number of halogens is 2. The molecule has 0 unspecified atom stereocenters. The van der Waals surface area contributed by atoms with Crippen LogP contribution in [0.2, 0.25) is 5.02 Å². The van der Waals surface area contributed by atoms with Crippen LogP contribution < -0.4 is 10.1 Å². The van der Waals surface area contributed by atoms with Crippen molar-refractivity contribution in [3.8, 4) is 11.5 Å². The van der Waals surface area contributed by atoms with Gasteiger partial charge in [-0.1, -0.05) is 11.6 Å². The third-order valence-corrected chi connectivity index (χ3v) is 5.07. The van der Waals surface area contributed by atoms with E-state index in [1.54, 1.807) is 36.7 Å². The van der Waals surface area contributed by atoms with E-state index in [0.717, 1.165) is 14.6 Å². The fourth-order valence-corrected chi connectivity index (χ4v) is 3.79. The molecule has 0 saturated carbocycles. The van der Waals surface area contributed by atoms with Gasteiger partial charge in [0, 0.05) is 23.2 Å². The summed E-state index contributed by atoms with van der Waals surface area (Å²) in [5.41, 5.74) is 0. The lowest BCUT2D eigenvalue weighted by Gasteiger charge is -2.08. The second-order valence-electron chi connectivity index (χ2n) is 4.82. The van der Waals surface area contributed by atoms with E-state index >= 15 is 0 Å². The van der Waals surface area contributed by atoms with E-state index in [1.165, 1.54) is 11.3 Å². The number of aromatic nitrogens is 1. The molecule has 2 aromatic heterocycles. The van der Waals surface area contributed by atoms with Gasteiger partial charge in [-0.2, -0.15) is 0 Å². The molecule has 3 aromatic rings. The van der Waals surface area contributed by atoms with E-state index in [1.807, 2.05) is 0 Å². The molecule has 0 bridgehead atoms. The van der Waals surface area contributed by atoms with Crippen molar-refractivity contribution in [3.05, 3.63) is 51.0 Å². The number of benzene rings is 1. The van der Waals surface area contributed by atoms with Gasteiger partial charge in [-0.15, -0.1) is 11.3 Å². The first-order chi connectivity index (χ1) is 11.6. The Morgan fingerprint density at radius 1 is 1.33 bits per heavy atom. The summed E-state index contributed by atoms with van der Waals surface area (Å²) in [4.78, 5) is 16.7. The monoisotopic (exact) mass is 426 g/mol. The Kier molecular flexibility index (Phi) is 5.35. The van der Waals surface area contributed by atoms with Crippen molar-refractivity contribution in [1.29, 1.82) is 0 Å². The lowest BCUT2D eigenvalue weighted by atomic mass is 10.2. The molecule has 2 N–H and O–H groups in total. The van der Waals surface area contributed by atoms with Crippen molar-refractivity contribution in [2.24, 2.45) is 0 Å². The Hall–Kier alpha value is -1.67. The first kappa shape index (κ1) is 17.2. The quantitative estimate of drug-likeness (QED) is 0.639. The summed E-state index contributed by atoms with van der Waals surface area (Å²) < 4.78 is 7.48. The van der Waals surface area contributed by atoms with Gasteiger partial charge >= 0.3 is 0 Å². The van der Waals surface area contributed by atoms with E-state index < -0.39 is 0 Å². The first-order valence-electron chi connectivity index (χ1n) is 6.98. The third-order valence-electron chi connectivity index (χ3n) is 3.14. The number of aliphatic hydroxyl groups excluding tert-OH is 1. The number of nitrogens with one attached hydrogen (secondary N) is 1. The second kappa shape index (κ2) is 7.48. The normalized spacial score (nSPS) is 10.8. The molecule has 24 heavy (non-hydrogen) atoms. The van der Waals surface area contributed by atoms with Crippen LogP contribution in [-0.2, 0) is 0 Å². The number of ether oxygens (including phenoxy) is 1. The lowest BCUT2D eigenvalue weighted by molar-refractivity contribution is 0.0949. The summed E-state index contributed by atoms with van der Waals surface area (Å²) in [6.07, 6.45) is 3.29. The van der Waals surface area contributed by atoms with Crippen molar-refractivity contribution in [1.82, 2.24) is 10.3 Å². The Morgan fingerprint density at radius 2 is 2.17 bits per heavy atom. The summed E-state index contributed by atoms with van der Waals surface area (Å²) in [5, 5.41) is 12.8. The average molecular weight is 428 g/mol. The number of pyridine rings is 1. The molecule has 0 aliphatic carbocycles. The highest BCUT2D eigenvalue weighted by Gasteiger charge is 2.14. The largest absolute Gasteiger partial charge is 0.454 e. The van der Waals surface area contributed by atoms with E-state index in [0.29, 0.717) is 21.4 Å². The van der Waals surface area contributed by atoms with Crippen LogP contribution >= 0.6 is 38.9 Å². The number of hydrogen-bond acceptors (Lipinski definition) is 5. The summed E-state index contributed by atoms with van der Waals surface area (Å²) in [6.45, 7) is 0.115. The molecule has 0 aliphatic rings. The third kappa shape index (κ3) is 3.70. The van der Waals surface area contributed by atoms with Gasteiger partial charge in [0.1, 0.15) is 5.75 Å². The van der Waals surface area contributed by atoms with Crippen molar-refractivity contribution in [3.63, 3.8) is 0 Å². The molecule has 0 atom stereocenters. The maximum Gasteiger partial charge on any atom is 0.261 e. The van der Waals surface area contributed by atoms with Crippen LogP contribution in [0.5, 0.6) is 11.5 Å². The van der Waals surface area contributed by atoms with Gasteiger partial charge in [0.15, 0.2) is 5.75 Å². The van der Waals surface area contributed by atoms with Crippen molar-refractivity contribution < 1.29 is 14.6 Å². The van der Waals surface area contributed by atoms with Crippen molar-refractivity contribution in [2.45, 2.75) is 0 Å².